The summed E-state index contributed by atoms with van der Waals surface area (Å²) in [7, 11) is 0. The standard InChI is InChI=1S/C21H40O5.C4H10O/c1-2-3-4-5-6-7-8-9-10-11-12-13-14-15-16-17-20(24)26-21(25)19(23)18-22;1-3-5-4-2/h19,22-23H,2-18H2,1H3;3-4H2,1-2H3. The van der Waals surface area contributed by atoms with E-state index >= 15 is 0 Å². The van der Waals surface area contributed by atoms with Gasteiger partial charge < -0.3 is 19.7 Å². The maximum atomic E-state index is 11.4. The molecule has 0 saturated heterocycles. The van der Waals surface area contributed by atoms with E-state index in [0.717, 1.165) is 26.1 Å². The Morgan fingerprint density at radius 2 is 1.06 bits per heavy atom. The van der Waals surface area contributed by atoms with Crippen LogP contribution in [0.25, 0.3) is 0 Å². The Kier molecular flexibility index (Phi) is 28.1. The molecule has 0 spiro atoms. The smallest absolute Gasteiger partial charge is 0.345 e. The van der Waals surface area contributed by atoms with E-state index < -0.39 is 24.6 Å². The summed E-state index contributed by atoms with van der Waals surface area (Å²) in [6.07, 6.45) is 17.4. The number of esters is 2. The topological polar surface area (TPSA) is 93.1 Å². The van der Waals surface area contributed by atoms with E-state index in [0.29, 0.717) is 6.42 Å². The van der Waals surface area contributed by atoms with Gasteiger partial charge in [0.25, 0.3) is 0 Å². The Morgan fingerprint density at radius 3 is 1.39 bits per heavy atom. The molecule has 0 aliphatic rings. The minimum Gasteiger partial charge on any atom is -0.393 e. The van der Waals surface area contributed by atoms with Crippen molar-refractivity contribution in [2.75, 3.05) is 19.8 Å². The molecule has 6 heteroatoms. The minimum atomic E-state index is -1.62. The zero-order chi connectivity index (χ0) is 23.6. The molecule has 1 atom stereocenters. The average molecular weight is 447 g/mol. The molecule has 0 aromatic heterocycles. The Balaban J connectivity index is 0. The van der Waals surface area contributed by atoms with Gasteiger partial charge in [0, 0.05) is 19.6 Å². The first-order chi connectivity index (χ1) is 15.0. The number of carbonyl (C=O) groups excluding carboxylic acids is 2. The van der Waals surface area contributed by atoms with Gasteiger partial charge in [-0.2, -0.15) is 0 Å². The molecule has 6 nitrogen and oxygen atoms in total. The summed E-state index contributed by atoms with van der Waals surface area (Å²) in [5.41, 5.74) is 0. The molecular formula is C25H50O6. The van der Waals surface area contributed by atoms with Crippen LogP contribution in [0.1, 0.15) is 124 Å². The summed E-state index contributed by atoms with van der Waals surface area (Å²) >= 11 is 0. The van der Waals surface area contributed by atoms with Crippen LogP contribution in [0, 0.1) is 0 Å². The first kappa shape index (κ1) is 32.2. The average Bonchev–Trinajstić information content (AvgIpc) is 2.76. The number of hydrogen-bond acceptors (Lipinski definition) is 6. The Bertz CT molecular complexity index is 384. The van der Waals surface area contributed by atoms with Gasteiger partial charge >= 0.3 is 11.9 Å². The number of carbonyl (C=O) groups is 2. The highest BCUT2D eigenvalue weighted by molar-refractivity contribution is 5.87. The first-order valence-electron chi connectivity index (χ1n) is 12.6. The lowest BCUT2D eigenvalue weighted by Gasteiger charge is -2.06. The van der Waals surface area contributed by atoms with Gasteiger partial charge in [-0.3, -0.25) is 4.79 Å². The van der Waals surface area contributed by atoms with Crippen LogP contribution in [-0.4, -0.2) is 48.1 Å². The third kappa shape index (κ3) is 27.0. The van der Waals surface area contributed by atoms with Gasteiger partial charge in [-0.05, 0) is 20.3 Å². The van der Waals surface area contributed by atoms with Crippen LogP contribution >= 0.6 is 0 Å². The molecule has 186 valence electrons. The second kappa shape index (κ2) is 27.1. The van der Waals surface area contributed by atoms with Crippen LogP contribution in [0.3, 0.4) is 0 Å². The van der Waals surface area contributed by atoms with Crippen LogP contribution in [0.5, 0.6) is 0 Å². The molecular weight excluding hydrogens is 396 g/mol. The van der Waals surface area contributed by atoms with Crippen molar-refractivity contribution in [2.24, 2.45) is 0 Å². The molecule has 0 heterocycles. The van der Waals surface area contributed by atoms with Crippen LogP contribution in [0.2, 0.25) is 0 Å². The van der Waals surface area contributed by atoms with Gasteiger partial charge in [0.15, 0.2) is 6.10 Å². The van der Waals surface area contributed by atoms with Crippen molar-refractivity contribution in [1.82, 2.24) is 0 Å². The molecule has 0 amide bonds. The fourth-order valence-corrected chi connectivity index (χ4v) is 3.15. The highest BCUT2D eigenvalue weighted by Gasteiger charge is 2.18. The second-order valence-corrected chi connectivity index (χ2v) is 7.97. The molecule has 0 fully saturated rings. The van der Waals surface area contributed by atoms with Gasteiger partial charge in [0.1, 0.15) is 0 Å². The monoisotopic (exact) mass is 446 g/mol. The summed E-state index contributed by atoms with van der Waals surface area (Å²) in [6, 6.07) is 0. The molecule has 0 rings (SSSR count). The van der Waals surface area contributed by atoms with Crippen LogP contribution in [0.15, 0.2) is 0 Å². The predicted octanol–water partition coefficient (Wildman–Crippen LogP) is 5.71. The van der Waals surface area contributed by atoms with Gasteiger partial charge in [-0.15, -0.1) is 0 Å². The minimum absolute atomic E-state index is 0.183. The van der Waals surface area contributed by atoms with Crippen molar-refractivity contribution in [2.45, 2.75) is 130 Å². The lowest BCUT2D eigenvalue weighted by molar-refractivity contribution is -0.167. The third-order valence-corrected chi connectivity index (χ3v) is 5.05. The molecule has 0 aromatic rings. The van der Waals surface area contributed by atoms with E-state index in [1.54, 1.807) is 0 Å². The molecule has 0 aliphatic heterocycles. The number of hydrogen-bond donors (Lipinski definition) is 2. The van der Waals surface area contributed by atoms with Crippen molar-refractivity contribution in [3.8, 4) is 0 Å². The molecule has 2 N–H and O–H groups in total. The summed E-state index contributed by atoms with van der Waals surface area (Å²) in [4.78, 5) is 22.5. The maximum absolute atomic E-state index is 11.4. The summed E-state index contributed by atoms with van der Waals surface area (Å²) in [5, 5.41) is 17.6. The quantitative estimate of drug-likeness (QED) is 0.141. The van der Waals surface area contributed by atoms with Crippen molar-refractivity contribution in [3.63, 3.8) is 0 Å². The van der Waals surface area contributed by atoms with Gasteiger partial charge in [-0.25, -0.2) is 4.79 Å². The fraction of sp³-hybridized carbons (Fsp3) is 0.920. The zero-order valence-corrected chi connectivity index (χ0v) is 20.5. The summed E-state index contributed by atoms with van der Waals surface area (Å²) < 4.78 is 9.27. The van der Waals surface area contributed by atoms with E-state index in [2.05, 4.69) is 11.7 Å². The highest BCUT2D eigenvalue weighted by atomic mass is 16.6. The van der Waals surface area contributed by atoms with E-state index in [1.165, 1.54) is 77.0 Å². The van der Waals surface area contributed by atoms with Crippen molar-refractivity contribution >= 4 is 11.9 Å². The van der Waals surface area contributed by atoms with Crippen molar-refractivity contribution in [1.29, 1.82) is 0 Å². The first-order valence-corrected chi connectivity index (χ1v) is 12.6. The van der Waals surface area contributed by atoms with E-state index in [4.69, 9.17) is 14.9 Å². The van der Waals surface area contributed by atoms with Gasteiger partial charge in [0.2, 0.25) is 0 Å². The lowest BCUT2D eigenvalue weighted by Crippen LogP contribution is -2.28. The van der Waals surface area contributed by atoms with E-state index in [9.17, 15) is 9.59 Å². The molecule has 0 saturated carbocycles. The number of aliphatic hydroxyl groups excluding tert-OH is 2. The maximum Gasteiger partial charge on any atom is 0.345 e. The Hall–Kier alpha value is -0.980. The zero-order valence-electron chi connectivity index (χ0n) is 20.5. The molecule has 0 aromatic carbocycles. The van der Waals surface area contributed by atoms with E-state index in [-0.39, 0.29) is 6.42 Å². The lowest BCUT2D eigenvalue weighted by atomic mass is 10.0. The molecule has 0 radical (unpaired) electrons. The van der Waals surface area contributed by atoms with Crippen molar-refractivity contribution in [3.05, 3.63) is 0 Å². The third-order valence-electron chi connectivity index (χ3n) is 5.05. The van der Waals surface area contributed by atoms with E-state index in [1.807, 2.05) is 13.8 Å². The Labute approximate surface area is 191 Å². The number of rotatable bonds is 20. The normalized spacial score (nSPS) is 11.5. The molecule has 31 heavy (non-hydrogen) atoms. The van der Waals surface area contributed by atoms with Crippen molar-refractivity contribution < 1.29 is 29.3 Å². The van der Waals surface area contributed by atoms with Crippen LogP contribution in [0.4, 0.5) is 0 Å². The fourth-order valence-electron chi connectivity index (χ4n) is 3.15. The summed E-state index contributed by atoms with van der Waals surface area (Å²) in [6.45, 7) is 7.19. The van der Waals surface area contributed by atoms with Crippen LogP contribution in [-0.2, 0) is 19.1 Å². The largest absolute Gasteiger partial charge is 0.393 e. The second-order valence-electron chi connectivity index (χ2n) is 7.97. The van der Waals surface area contributed by atoms with Gasteiger partial charge in [-0.1, -0.05) is 96.8 Å². The van der Waals surface area contributed by atoms with Gasteiger partial charge in [0.05, 0.1) is 6.61 Å². The molecule has 1 unspecified atom stereocenters. The summed E-state index contributed by atoms with van der Waals surface area (Å²) in [5.74, 6) is -1.70. The molecule has 0 aliphatic carbocycles. The van der Waals surface area contributed by atoms with Crippen LogP contribution < -0.4 is 0 Å². The highest BCUT2D eigenvalue weighted by Crippen LogP contribution is 2.13. The number of aliphatic hydroxyl groups is 2. The number of unbranched alkanes of at least 4 members (excludes halogenated alkanes) is 14. The predicted molar refractivity (Wildman–Crippen MR) is 126 cm³/mol. The SMILES string of the molecule is CCCCCCCCCCCCCCCCCC(=O)OC(=O)C(O)CO.CCOCC. The molecule has 0 bridgehead atoms. The Morgan fingerprint density at radius 1 is 0.677 bits per heavy atom. The number of ether oxygens (including phenoxy) is 2.